The number of hydrogen-bond donors (Lipinski definition) is 1. The molecule has 1 aliphatic heterocycles. The summed E-state index contributed by atoms with van der Waals surface area (Å²) in [5.41, 5.74) is 1.13. The van der Waals surface area contributed by atoms with Gasteiger partial charge < -0.3 is 4.90 Å². The van der Waals surface area contributed by atoms with Gasteiger partial charge in [0.05, 0.1) is 11.9 Å². The van der Waals surface area contributed by atoms with Gasteiger partial charge in [-0.3, -0.25) is 5.32 Å². The Balaban J connectivity index is 1.33. The number of anilines is 1. The molecule has 2 bridgehead atoms. The van der Waals surface area contributed by atoms with Crippen LogP contribution in [0.5, 0.6) is 0 Å². The number of amides is 2. The molecule has 7 nitrogen and oxygen atoms in total. The van der Waals surface area contributed by atoms with Crippen molar-refractivity contribution in [1.29, 1.82) is 0 Å². The third-order valence-electron chi connectivity index (χ3n) is 5.85. The lowest BCUT2D eigenvalue weighted by molar-refractivity contribution is 0.184. The predicted molar refractivity (Wildman–Crippen MR) is 97.3 cm³/mol. The molecule has 0 spiro atoms. The average molecular weight is 385 g/mol. The number of carbonyl (C=O) groups is 1. The van der Waals surface area contributed by atoms with Crippen molar-refractivity contribution in [3.05, 3.63) is 11.1 Å². The minimum Gasteiger partial charge on any atom is -0.322 e. The van der Waals surface area contributed by atoms with Crippen molar-refractivity contribution in [2.24, 2.45) is 11.8 Å². The van der Waals surface area contributed by atoms with E-state index >= 15 is 0 Å². The van der Waals surface area contributed by atoms with E-state index in [1.54, 1.807) is 4.90 Å². The summed E-state index contributed by atoms with van der Waals surface area (Å²) in [6, 6.07) is -0.193. The standard InChI is InChI=1S/C16H24N4O3S2/c1-25(22,23)20-6-4-19(5-7-20)16(21)18-15-17-14(10-24-15)13-9-11-2-3-12(13)8-11/h10-13H,2-9H2,1H3,(H,17,18,21). The Morgan fingerprint density at radius 1 is 1.24 bits per heavy atom. The van der Waals surface area contributed by atoms with E-state index in [1.807, 2.05) is 0 Å². The third kappa shape index (κ3) is 3.54. The number of sulfonamides is 1. The molecule has 1 aromatic rings. The van der Waals surface area contributed by atoms with E-state index in [9.17, 15) is 13.2 Å². The van der Waals surface area contributed by atoms with Crippen LogP contribution in [-0.2, 0) is 10.0 Å². The second kappa shape index (κ2) is 6.51. The highest BCUT2D eigenvalue weighted by atomic mass is 32.2. The van der Waals surface area contributed by atoms with Crippen LogP contribution >= 0.6 is 11.3 Å². The first-order valence-corrected chi connectivity index (χ1v) is 11.6. The molecule has 1 saturated heterocycles. The molecule has 0 aromatic carbocycles. The SMILES string of the molecule is CS(=O)(=O)N1CCN(C(=O)Nc2nc(C3CC4CCC3C4)cs2)CC1. The Morgan fingerprint density at radius 2 is 2.00 bits per heavy atom. The van der Waals surface area contributed by atoms with Crippen LogP contribution < -0.4 is 5.32 Å². The summed E-state index contributed by atoms with van der Waals surface area (Å²) in [7, 11) is -3.18. The number of urea groups is 1. The number of aromatic nitrogens is 1. The number of nitrogens with one attached hydrogen (secondary N) is 1. The molecule has 25 heavy (non-hydrogen) atoms. The maximum absolute atomic E-state index is 12.4. The highest BCUT2D eigenvalue weighted by Crippen LogP contribution is 2.52. The summed E-state index contributed by atoms with van der Waals surface area (Å²) >= 11 is 1.48. The number of carbonyl (C=O) groups excluding carboxylic acids is 1. The molecule has 0 radical (unpaired) electrons. The lowest BCUT2D eigenvalue weighted by atomic mass is 9.87. The van der Waals surface area contributed by atoms with Crippen molar-refractivity contribution in [2.45, 2.75) is 31.6 Å². The number of hydrogen-bond acceptors (Lipinski definition) is 5. The van der Waals surface area contributed by atoms with Crippen molar-refractivity contribution in [3.63, 3.8) is 0 Å². The Bertz CT molecular complexity index is 755. The number of piperazine rings is 1. The van der Waals surface area contributed by atoms with E-state index in [2.05, 4.69) is 15.7 Å². The Hall–Kier alpha value is -1.19. The molecule has 2 amide bonds. The Morgan fingerprint density at radius 3 is 2.60 bits per heavy atom. The van der Waals surface area contributed by atoms with Crippen LogP contribution in [0.2, 0.25) is 0 Å². The van der Waals surface area contributed by atoms with Crippen molar-refractivity contribution in [3.8, 4) is 0 Å². The largest absolute Gasteiger partial charge is 0.323 e. The second-order valence-corrected chi connectivity index (χ2v) is 10.3. The van der Waals surface area contributed by atoms with Gasteiger partial charge in [0, 0.05) is 37.5 Å². The van der Waals surface area contributed by atoms with Crippen molar-refractivity contribution < 1.29 is 13.2 Å². The van der Waals surface area contributed by atoms with Crippen molar-refractivity contribution in [2.75, 3.05) is 37.8 Å². The molecule has 2 heterocycles. The van der Waals surface area contributed by atoms with Crippen molar-refractivity contribution in [1.82, 2.24) is 14.2 Å². The molecule has 3 aliphatic rings. The molecule has 2 aliphatic carbocycles. The molecule has 9 heteroatoms. The molecule has 4 rings (SSSR count). The molecule has 3 atom stereocenters. The van der Waals surface area contributed by atoms with Gasteiger partial charge >= 0.3 is 6.03 Å². The first kappa shape index (κ1) is 17.2. The average Bonchev–Trinajstić information content (AvgIpc) is 3.30. The Kier molecular flexibility index (Phi) is 4.49. The van der Waals surface area contributed by atoms with Crippen LogP contribution in [0.25, 0.3) is 0 Å². The summed E-state index contributed by atoms with van der Waals surface area (Å²) < 4.78 is 24.5. The van der Waals surface area contributed by atoms with Gasteiger partial charge in [0.15, 0.2) is 5.13 Å². The lowest BCUT2D eigenvalue weighted by Gasteiger charge is -2.32. The van der Waals surface area contributed by atoms with Gasteiger partial charge in [-0.05, 0) is 31.1 Å². The Labute approximate surface area is 152 Å². The minimum absolute atomic E-state index is 0.193. The van der Waals surface area contributed by atoms with Gasteiger partial charge in [-0.1, -0.05) is 6.42 Å². The number of fused-ring (bicyclic) bond motifs is 2. The summed E-state index contributed by atoms with van der Waals surface area (Å²) in [5.74, 6) is 2.22. The number of rotatable bonds is 3. The minimum atomic E-state index is -3.18. The van der Waals surface area contributed by atoms with E-state index in [0.29, 0.717) is 37.2 Å². The first-order valence-electron chi connectivity index (χ1n) is 8.86. The molecule has 2 saturated carbocycles. The van der Waals surface area contributed by atoms with Crippen LogP contribution in [-0.4, -0.2) is 61.1 Å². The summed E-state index contributed by atoms with van der Waals surface area (Å²) in [5, 5.41) is 5.61. The highest BCUT2D eigenvalue weighted by molar-refractivity contribution is 7.88. The predicted octanol–water partition coefficient (Wildman–Crippen LogP) is 2.16. The zero-order valence-electron chi connectivity index (χ0n) is 14.3. The number of nitrogens with zero attached hydrogens (tertiary/aromatic N) is 3. The normalized spacial score (nSPS) is 30.0. The quantitative estimate of drug-likeness (QED) is 0.866. The molecule has 1 N–H and O–H groups in total. The fourth-order valence-corrected chi connectivity index (χ4v) is 6.11. The zero-order chi connectivity index (χ0) is 17.6. The summed E-state index contributed by atoms with van der Waals surface area (Å²) in [4.78, 5) is 18.7. The molecule has 3 unspecified atom stereocenters. The van der Waals surface area contributed by atoms with Crippen LogP contribution in [0.3, 0.4) is 0 Å². The van der Waals surface area contributed by atoms with Gasteiger partial charge in [0.1, 0.15) is 0 Å². The molecular formula is C16H24N4O3S2. The van der Waals surface area contributed by atoms with E-state index in [-0.39, 0.29) is 6.03 Å². The molecule has 1 aromatic heterocycles. The van der Waals surface area contributed by atoms with Crippen LogP contribution in [0, 0.1) is 11.8 Å². The van der Waals surface area contributed by atoms with E-state index in [0.717, 1.165) is 17.5 Å². The van der Waals surface area contributed by atoms with Gasteiger partial charge in [0.2, 0.25) is 10.0 Å². The van der Waals surface area contributed by atoms with E-state index < -0.39 is 10.0 Å². The topological polar surface area (TPSA) is 82.6 Å². The van der Waals surface area contributed by atoms with E-state index in [1.165, 1.54) is 47.6 Å². The number of thiazole rings is 1. The summed E-state index contributed by atoms with van der Waals surface area (Å²) in [6.07, 6.45) is 6.48. The zero-order valence-corrected chi connectivity index (χ0v) is 16.0. The van der Waals surface area contributed by atoms with Gasteiger partial charge in [-0.25, -0.2) is 18.2 Å². The fourth-order valence-electron chi connectivity index (χ4n) is 4.51. The van der Waals surface area contributed by atoms with E-state index in [4.69, 9.17) is 0 Å². The highest BCUT2D eigenvalue weighted by Gasteiger charge is 2.41. The molecule has 3 fully saturated rings. The van der Waals surface area contributed by atoms with Crippen LogP contribution in [0.15, 0.2) is 5.38 Å². The molecular weight excluding hydrogens is 360 g/mol. The monoisotopic (exact) mass is 384 g/mol. The maximum Gasteiger partial charge on any atom is 0.323 e. The fraction of sp³-hybridized carbons (Fsp3) is 0.750. The van der Waals surface area contributed by atoms with Gasteiger partial charge in [-0.2, -0.15) is 4.31 Å². The second-order valence-electron chi connectivity index (χ2n) is 7.44. The maximum atomic E-state index is 12.4. The smallest absolute Gasteiger partial charge is 0.322 e. The van der Waals surface area contributed by atoms with Gasteiger partial charge in [-0.15, -0.1) is 11.3 Å². The van der Waals surface area contributed by atoms with Gasteiger partial charge in [0.25, 0.3) is 0 Å². The first-order chi connectivity index (χ1) is 11.9. The summed E-state index contributed by atoms with van der Waals surface area (Å²) in [6.45, 7) is 1.51. The van der Waals surface area contributed by atoms with Crippen LogP contribution in [0.1, 0.15) is 37.3 Å². The molecule has 138 valence electrons. The lowest BCUT2D eigenvalue weighted by Crippen LogP contribution is -2.51. The van der Waals surface area contributed by atoms with Crippen molar-refractivity contribution >= 4 is 32.5 Å². The van der Waals surface area contributed by atoms with Crippen LogP contribution in [0.4, 0.5) is 9.93 Å². The third-order valence-corrected chi connectivity index (χ3v) is 7.93.